The minimum Gasteiger partial charge on any atom is -0.378 e. The van der Waals surface area contributed by atoms with Crippen molar-refractivity contribution >= 4 is 0 Å². The second-order valence-corrected chi connectivity index (χ2v) is 6.20. The van der Waals surface area contributed by atoms with Gasteiger partial charge in [0, 0.05) is 24.6 Å². The van der Waals surface area contributed by atoms with Crippen molar-refractivity contribution in [1.29, 1.82) is 5.26 Å². The summed E-state index contributed by atoms with van der Waals surface area (Å²) in [4.78, 5) is 0. The van der Waals surface area contributed by atoms with Gasteiger partial charge in [-0.2, -0.15) is 5.26 Å². The molecule has 0 amide bonds. The molecule has 0 radical (unpaired) electrons. The molecule has 2 aliphatic rings. The minimum absolute atomic E-state index is 0.262. The summed E-state index contributed by atoms with van der Waals surface area (Å²) in [5.41, 5.74) is 0.142. The zero-order valence-corrected chi connectivity index (χ0v) is 11.3. The Morgan fingerprint density at radius 2 is 2.18 bits per heavy atom. The van der Waals surface area contributed by atoms with Crippen molar-refractivity contribution in [3.63, 3.8) is 0 Å². The van der Waals surface area contributed by atoms with E-state index < -0.39 is 0 Å². The fourth-order valence-electron chi connectivity index (χ4n) is 3.14. The largest absolute Gasteiger partial charge is 0.378 e. The molecule has 0 aliphatic heterocycles. The molecule has 1 N–H and O–H groups in total. The van der Waals surface area contributed by atoms with E-state index in [1.807, 2.05) is 13.8 Å². The normalized spacial score (nSPS) is 30.5. The van der Waals surface area contributed by atoms with Crippen LogP contribution in [0.5, 0.6) is 0 Å². The lowest BCUT2D eigenvalue weighted by Gasteiger charge is -2.61. The number of hydrogen-bond donors (Lipinski definition) is 1. The Labute approximate surface area is 105 Å². The molecular formula is C14H24N2O. The molecule has 2 unspecified atom stereocenters. The molecule has 2 rings (SSSR count). The van der Waals surface area contributed by atoms with Gasteiger partial charge in [-0.1, -0.05) is 6.42 Å². The maximum absolute atomic E-state index is 9.02. The van der Waals surface area contributed by atoms with Crippen LogP contribution >= 0.6 is 0 Å². The van der Waals surface area contributed by atoms with Crippen LogP contribution in [-0.2, 0) is 4.74 Å². The van der Waals surface area contributed by atoms with Crippen molar-refractivity contribution in [2.75, 3.05) is 13.2 Å². The van der Waals surface area contributed by atoms with Gasteiger partial charge in [-0.3, -0.25) is 0 Å². The first kappa shape index (κ1) is 12.9. The molecule has 0 aromatic carbocycles. The Hall–Kier alpha value is -0.590. The molecule has 2 saturated carbocycles. The van der Waals surface area contributed by atoms with Gasteiger partial charge < -0.3 is 10.1 Å². The van der Waals surface area contributed by atoms with Gasteiger partial charge in [0.2, 0.25) is 0 Å². The van der Waals surface area contributed by atoms with Gasteiger partial charge >= 0.3 is 0 Å². The third kappa shape index (κ3) is 2.21. The SMILES string of the molecule is CCOC1CC(NCC(C)(C)C#N)C12CCC2. The Balaban J connectivity index is 1.86. The van der Waals surface area contributed by atoms with Crippen LogP contribution in [0.1, 0.15) is 46.5 Å². The van der Waals surface area contributed by atoms with E-state index in [2.05, 4.69) is 18.3 Å². The van der Waals surface area contributed by atoms with Crippen molar-refractivity contribution in [2.45, 2.75) is 58.6 Å². The molecule has 0 aromatic rings. The maximum Gasteiger partial charge on any atom is 0.0697 e. The van der Waals surface area contributed by atoms with E-state index in [1.54, 1.807) is 0 Å². The Kier molecular flexibility index (Phi) is 3.47. The van der Waals surface area contributed by atoms with E-state index in [0.29, 0.717) is 17.6 Å². The predicted molar refractivity (Wildman–Crippen MR) is 67.5 cm³/mol. The third-order valence-corrected chi connectivity index (χ3v) is 4.53. The Morgan fingerprint density at radius 1 is 1.47 bits per heavy atom. The Morgan fingerprint density at radius 3 is 2.65 bits per heavy atom. The van der Waals surface area contributed by atoms with Gasteiger partial charge in [-0.25, -0.2) is 0 Å². The summed E-state index contributed by atoms with van der Waals surface area (Å²) < 4.78 is 5.82. The molecule has 2 fully saturated rings. The van der Waals surface area contributed by atoms with Crippen molar-refractivity contribution < 1.29 is 4.74 Å². The highest BCUT2D eigenvalue weighted by atomic mass is 16.5. The first-order valence-electron chi connectivity index (χ1n) is 6.80. The average Bonchev–Trinajstić information content (AvgIpc) is 2.20. The highest BCUT2D eigenvalue weighted by molar-refractivity contribution is 5.12. The molecule has 0 heterocycles. The van der Waals surface area contributed by atoms with Gasteiger partial charge in [0.15, 0.2) is 0 Å². The monoisotopic (exact) mass is 236 g/mol. The highest BCUT2D eigenvalue weighted by Crippen LogP contribution is 2.57. The summed E-state index contributed by atoms with van der Waals surface area (Å²) in [6.45, 7) is 7.67. The number of rotatable bonds is 5. The lowest BCUT2D eigenvalue weighted by Crippen LogP contribution is -2.67. The molecule has 3 heteroatoms. The predicted octanol–water partition coefficient (Wildman–Crippen LogP) is 2.47. The zero-order valence-electron chi connectivity index (χ0n) is 11.3. The third-order valence-electron chi connectivity index (χ3n) is 4.53. The molecule has 0 bridgehead atoms. The van der Waals surface area contributed by atoms with Crippen molar-refractivity contribution in [1.82, 2.24) is 5.32 Å². The lowest BCUT2D eigenvalue weighted by atomic mass is 9.51. The summed E-state index contributed by atoms with van der Waals surface area (Å²) >= 11 is 0. The van der Waals surface area contributed by atoms with Gasteiger partial charge in [0.1, 0.15) is 0 Å². The van der Waals surface area contributed by atoms with Crippen LogP contribution in [0.2, 0.25) is 0 Å². The number of hydrogen-bond acceptors (Lipinski definition) is 3. The topological polar surface area (TPSA) is 45.0 Å². The van der Waals surface area contributed by atoms with E-state index in [-0.39, 0.29) is 5.41 Å². The van der Waals surface area contributed by atoms with Crippen LogP contribution < -0.4 is 5.32 Å². The first-order valence-corrected chi connectivity index (χ1v) is 6.80. The number of nitriles is 1. The fourth-order valence-corrected chi connectivity index (χ4v) is 3.14. The molecule has 2 atom stereocenters. The van der Waals surface area contributed by atoms with Crippen LogP contribution in [0.3, 0.4) is 0 Å². The van der Waals surface area contributed by atoms with E-state index in [9.17, 15) is 0 Å². The van der Waals surface area contributed by atoms with Gasteiger partial charge in [0.05, 0.1) is 17.6 Å². The summed E-state index contributed by atoms with van der Waals surface area (Å²) in [5.74, 6) is 0. The Bertz CT molecular complexity index is 315. The van der Waals surface area contributed by atoms with E-state index in [4.69, 9.17) is 10.00 Å². The highest BCUT2D eigenvalue weighted by Gasteiger charge is 2.58. The lowest BCUT2D eigenvalue weighted by molar-refractivity contribution is -0.173. The smallest absolute Gasteiger partial charge is 0.0697 e. The summed E-state index contributed by atoms with van der Waals surface area (Å²) in [6, 6.07) is 2.92. The number of nitrogens with zero attached hydrogens (tertiary/aromatic N) is 1. The molecule has 0 aromatic heterocycles. The zero-order chi connectivity index (χ0) is 12.5. The number of ether oxygens (including phenoxy) is 1. The van der Waals surface area contributed by atoms with Gasteiger partial charge in [-0.05, 0) is 40.0 Å². The van der Waals surface area contributed by atoms with Crippen LogP contribution in [0.4, 0.5) is 0 Å². The molecular weight excluding hydrogens is 212 g/mol. The van der Waals surface area contributed by atoms with Crippen molar-refractivity contribution in [3.8, 4) is 6.07 Å². The average molecular weight is 236 g/mol. The minimum atomic E-state index is -0.262. The van der Waals surface area contributed by atoms with Crippen LogP contribution in [0, 0.1) is 22.2 Å². The quantitative estimate of drug-likeness (QED) is 0.797. The van der Waals surface area contributed by atoms with E-state index in [0.717, 1.165) is 19.6 Å². The first-order chi connectivity index (χ1) is 8.04. The summed E-state index contributed by atoms with van der Waals surface area (Å²) in [7, 11) is 0. The summed E-state index contributed by atoms with van der Waals surface area (Å²) in [5, 5.41) is 12.6. The molecule has 2 aliphatic carbocycles. The van der Waals surface area contributed by atoms with E-state index >= 15 is 0 Å². The molecule has 1 spiro atoms. The number of nitrogens with one attached hydrogen (secondary N) is 1. The standard InChI is InChI=1S/C14H24N2O/c1-4-17-12-8-11(14(12)6-5-7-14)16-10-13(2,3)9-15/h11-12,16H,4-8,10H2,1-3H3. The van der Waals surface area contributed by atoms with Crippen molar-refractivity contribution in [2.24, 2.45) is 10.8 Å². The molecule has 96 valence electrons. The molecule has 17 heavy (non-hydrogen) atoms. The van der Waals surface area contributed by atoms with Crippen LogP contribution in [0.15, 0.2) is 0 Å². The van der Waals surface area contributed by atoms with Gasteiger partial charge in [0.25, 0.3) is 0 Å². The maximum atomic E-state index is 9.02. The fraction of sp³-hybridized carbons (Fsp3) is 0.929. The second kappa shape index (κ2) is 4.59. The van der Waals surface area contributed by atoms with Crippen molar-refractivity contribution in [3.05, 3.63) is 0 Å². The summed E-state index contributed by atoms with van der Waals surface area (Å²) in [6.07, 6.45) is 5.51. The second-order valence-electron chi connectivity index (χ2n) is 6.20. The van der Waals surface area contributed by atoms with Crippen LogP contribution in [-0.4, -0.2) is 25.3 Å². The van der Waals surface area contributed by atoms with Crippen LogP contribution in [0.25, 0.3) is 0 Å². The van der Waals surface area contributed by atoms with E-state index in [1.165, 1.54) is 19.3 Å². The molecule has 0 saturated heterocycles. The van der Waals surface area contributed by atoms with Gasteiger partial charge in [-0.15, -0.1) is 0 Å². The molecule has 3 nitrogen and oxygen atoms in total.